The first-order chi connectivity index (χ1) is 7.43. The van der Waals surface area contributed by atoms with E-state index < -0.39 is 5.97 Å². The molecule has 0 heterocycles. The molecule has 0 bridgehead atoms. The van der Waals surface area contributed by atoms with Crippen molar-refractivity contribution in [1.29, 1.82) is 0 Å². The van der Waals surface area contributed by atoms with Gasteiger partial charge in [0.05, 0.1) is 13.7 Å². The van der Waals surface area contributed by atoms with Gasteiger partial charge in [-0.25, -0.2) is 4.79 Å². The van der Waals surface area contributed by atoms with E-state index >= 15 is 0 Å². The van der Waals surface area contributed by atoms with Crippen LogP contribution in [0.4, 0.5) is 0 Å². The quantitative estimate of drug-likeness (QED) is 0.388. The van der Waals surface area contributed by atoms with Crippen molar-refractivity contribution in [3.05, 3.63) is 11.8 Å². The number of hydrogen-bond acceptors (Lipinski definition) is 5. The summed E-state index contributed by atoms with van der Waals surface area (Å²) in [7, 11) is 2.95. The molecule has 0 fully saturated rings. The highest BCUT2D eigenvalue weighted by Gasteiger charge is 2.18. The van der Waals surface area contributed by atoms with Crippen molar-refractivity contribution in [1.82, 2.24) is 5.06 Å². The van der Waals surface area contributed by atoms with Crippen molar-refractivity contribution in [2.24, 2.45) is 5.92 Å². The summed E-state index contributed by atoms with van der Waals surface area (Å²) in [6.07, 6.45) is 1.24. The van der Waals surface area contributed by atoms with Gasteiger partial charge in [-0.05, 0) is 6.92 Å². The smallest absolute Gasteiger partial charge is 0.357 e. The topological polar surface area (TPSA) is 55.8 Å². The Kier molecular flexibility index (Phi) is 6.41. The first-order valence-corrected chi connectivity index (χ1v) is 5.14. The normalized spacial score (nSPS) is 11.5. The Hall–Kier alpha value is -1.36. The highest BCUT2D eigenvalue weighted by molar-refractivity contribution is 5.99. The van der Waals surface area contributed by atoms with E-state index in [-0.39, 0.29) is 24.0 Å². The second-order valence-electron chi connectivity index (χ2n) is 3.49. The molecule has 0 aliphatic carbocycles. The van der Waals surface area contributed by atoms with E-state index in [1.165, 1.54) is 25.3 Å². The molecule has 0 atom stereocenters. The number of carbonyl (C=O) groups is 2. The van der Waals surface area contributed by atoms with Crippen molar-refractivity contribution in [3.63, 3.8) is 0 Å². The van der Waals surface area contributed by atoms with Gasteiger partial charge in [-0.3, -0.25) is 14.7 Å². The number of hydrogen-bond donors (Lipinski definition) is 0. The molecule has 0 aromatic rings. The van der Waals surface area contributed by atoms with Gasteiger partial charge in [0.2, 0.25) is 0 Å². The Bertz CT molecular complexity index is 284. The fourth-order valence-corrected chi connectivity index (χ4v) is 0.883. The summed E-state index contributed by atoms with van der Waals surface area (Å²) in [6, 6.07) is 0. The molecule has 0 aliphatic heterocycles. The van der Waals surface area contributed by atoms with Crippen molar-refractivity contribution >= 4 is 11.8 Å². The van der Waals surface area contributed by atoms with Crippen LogP contribution in [0.2, 0.25) is 0 Å². The van der Waals surface area contributed by atoms with Crippen molar-refractivity contribution < 1.29 is 19.2 Å². The van der Waals surface area contributed by atoms with Gasteiger partial charge in [-0.2, -0.15) is 0 Å². The molecule has 5 nitrogen and oxygen atoms in total. The zero-order chi connectivity index (χ0) is 12.7. The SMILES string of the molecule is CCOC(=O)/C(=C\C(=O)C(C)C)N(C)OC. The van der Waals surface area contributed by atoms with Gasteiger partial charge in [-0.15, -0.1) is 0 Å². The van der Waals surface area contributed by atoms with E-state index in [9.17, 15) is 9.59 Å². The van der Waals surface area contributed by atoms with Crippen LogP contribution < -0.4 is 0 Å². The van der Waals surface area contributed by atoms with Crippen LogP contribution in [0.15, 0.2) is 11.8 Å². The monoisotopic (exact) mass is 229 g/mol. The Labute approximate surface area is 96.0 Å². The molecule has 0 N–H and O–H groups in total. The predicted octanol–water partition coefficient (Wildman–Crippen LogP) is 1.15. The minimum absolute atomic E-state index is 0.100. The Morgan fingerprint density at radius 1 is 1.38 bits per heavy atom. The lowest BCUT2D eigenvalue weighted by Crippen LogP contribution is -2.25. The Morgan fingerprint density at radius 3 is 2.31 bits per heavy atom. The number of carbonyl (C=O) groups excluding carboxylic acids is 2. The van der Waals surface area contributed by atoms with Crippen LogP contribution in [0.5, 0.6) is 0 Å². The van der Waals surface area contributed by atoms with Crippen LogP contribution in [0.1, 0.15) is 20.8 Å². The van der Waals surface area contributed by atoms with Gasteiger partial charge in [0.25, 0.3) is 0 Å². The molecule has 92 valence electrons. The fraction of sp³-hybridized carbons (Fsp3) is 0.636. The van der Waals surface area contributed by atoms with Crippen LogP contribution in [0.25, 0.3) is 0 Å². The number of allylic oxidation sites excluding steroid dienone is 1. The molecule has 0 unspecified atom stereocenters. The third kappa shape index (κ3) is 4.44. The van der Waals surface area contributed by atoms with Crippen LogP contribution in [-0.2, 0) is 19.2 Å². The predicted molar refractivity (Wildman–Crippen MR) is 59.3 cm³/mol. The van der Waals surface area contributed by atoms with Gasteiger partial charge >= 0.3 is 5.97 Å². The fourth-order valence-electron chi connectivity index (χ4n) is 0.883. The largest absolute Gasteiger partial charge is 0.461 e. The first kappa shape index (κ1) is 14.6. The second-order valence-corrected chi connectivity index (χ2v) is 3.49. The molecule has 0 radical (unpaired) electrons. The molecule has 0 aliphatic rings. The number of ketones is 1. The van der Waals surface area contributed by atoms with E-state index in [4.69, 9.17) is 9.57 Å². The minimum atomic E-state index is -0.569. The molecule has 0 saturated heterocycles. The molecule has 0 rings (SSSR count). The van der Waals surface area contributed by atoms with Crippen LogP contribution in [0.3, 0.4) is 0 Å². The summed E-state index contributed by atoms with van der Waals surface area (Å²) in [5.74, 6) is -0.887. The summed E-state index contributed by atoms with van der Waals surface area (Å²) < 4.78 is 4.83. The molecule has 0 saturated carbocycles. The number of ether oxygens (including phenoxy) is 1. The van der Waals surface area contributed by atoms with Crippen LogP contribution >= 0.6 is 0 Å². The first-order valence-electron chi connectivity index (χ1n) is 5.14. The van der Waals surface area contributed by atoms with Gasteiger partial charge in [0.1, 0.15) is 0 Å². The number of esters is 1. The Balaban J connectivity index is 4.93. The summed E-state index contributed by atoms with van der Waals surface area (Å²) in [4.78, 5) is 27.9. The molecular weight excluding hydrogens is 210 g/mol. The maximum absolute atomic E-state index is 11.5. The van der Waals surface area contributed by atoms with E-state index in [0.29, 0.717) is 0 Å². The van der Waals surface area contributed by atoms with Crippen molar-refractivity contribution in [3.8, 4) is 0 Å². The van der Waals surface area contributed by atoms with Gasteiger partial charge < -0.3 is 4.74 Å². The second kappa shape index (κ2) is 7.00. The molecule has 0 amide bonds. The van der Waals surface area contributed by atoms with E-state index in [2.05, 4.69) is 0 Å². The van der Waals surface area contributed by atoms with Gasteiger partial charge in [0.15, 0.2) is 11.5 Å². The van der Waals surface area contributed by atoms with E-state index in [1.807, 2.05) is 0 Å². The molecule has 0 aromatic heterocycles. The average Bonchev–Trinajstić information content (AvgIpc) is 2.24. The lowest BCUT2D eigenvalue weighted by atomic mass is 10.1. The highest BCUT2D eigenvalue weighted by Crippen LogP contribution is 2.07. The maximum Gasteiger partial charge on any atom is 0.357 e. The van der Waals surface area contributed by atoms with Crippen LogP contribution in [-0.4, -0.2) is 37.6 Å². The summed E-state index contributed by atoms with van der Waals surface area (Å²) >= 11 is 0. The number of nitrogens with zero attached hydrogens (tertiary/aromatic N) is 1. The van der Waals surface area contributed by atoms with Crippen LogP contribution in [0, 0.1) is 5.92 Å². The lowest BCUT2D eigenvalue weighted by molar-refractivity contribution is -0.150. The standard InChI is InChI=1S/C11H19NO4/c1-6-16-11(14)9(12(4)15-5)7-10(13)8(2)3/h7-8H,6H2,1-5H3/b9-7+. The Morgan fingerprint density at radius 2 is 1.94 bits per heavy atom. The molecule has 5 heteroatoms. The van der Waals surface area contributed by atoms with Gasteiger partial charge in [0, 0.05) is 19.0 Å². The lowest BCUT2D eigenvalue weighted by Gasteiger charge is -2.18. The van der Waals surface area contributed by atoms with E-state index in [1.54, 1.807) is 20.8 Å². The number of hydroxylamine groups is 2. The third-order valence-corrected chi connectivity index (χ3v) is 1.95. The molecule has 0 aromatic carbocycles. The minimum Gasteiger partial charge on any atom is -0.461 e. The van der Waals surface area contributed by atoms with E-state index in [0.717, 1.165) is 0 Å². The van der Waals surface area contributed by atoms with Crippen molar-refractivity contribution in [2.75, 3.05) is 20.8 Å². The van der Waals surface area contributed by atoms with Crippen molar-refractivity contribution in [2.45, 2.75) is 20.8 Å². The zero-order valence-corrected chi connectivity index (χ0v) is 10.4. The molecular formula is C11H19NO4. The molecule has 16 heavy (non-hydrogen) atoms. The van der Waals surface area contributed by atoms with Gasteiger partial charge in [-0.1, -0.05) is 13.8 Å². The maximum atomic E-state index is 11.5. The summed E-state index contributed by atoms with van der Waals surface area (Å²) in [5, 5.41) is 1.21. The molecule has 0 spiro atoms. The zero-order valence-electron chi connectivity index (χ0n) is 10.4. The number of rotatable bonds is 6. The number of likely N-dealkylation sites (N-methyl/N-ethyl adjacent to an activating group) is 1. The third-order valence-electron chi connectivity index (χ3n) is 1.95. The highest BCUT2D eigenvalue weighted by atomic mass is 16.7. The average molecular weight is 229 g/mol. The summed E-state index contributed by atoms with van der Waals surface area (Å²) in [5.41, 5.74) is 0.100. The summed E-state index contributed by atoms with van der Waals surface area (Å²) in [6.45, 7) is 5.47.